The molecule has 1 amide bonds. The second-order valence-corrected chi connectivity index (χ2v) is 5.73. The van der Waals surface area contributed by atoms with Gasteiger partial charge in [-0.15, -0.1) is 0 Å². The van der Waals surface area contributed by atoms with Crippen molar-refractivity contribution in [1.82, 2.24) is 0 Å². The number of nitrogen functional groups attached to an aromatic ring is 1. The minimum atomic E-state index is -0.677. The van der Waals surface area contributed by atoms with Gasteiger partial charge < -0.3 is 21.3 Å². The average molecular weight is 298 g/mol. The lowest BCUT2D eigenvalue weighted by molar-refractivity contribution is -0.116. The fraction of sp³-hybridized carbons (Fsp3) is 0.500. The van der Waals surface area contributed by atoms with Crippen LogP contribution >= 0.6 is 11.8 Å². The van der Waals surface area contributed by atoms with E-state index in [1.165, 1.54) is 11.8 Å². The van der Waals surface area contributed by atoms with Crippen LogP contribution in [0.4, 0.5) is 11.4 Å². The molecule has 0 aliphatic carbocycles. The molecular formula is C14H22N2O3S. The van der Waals surface area contributed by atoms with E-state index in [0.717, 1.165) is 23.4 Å². The molecule has 0 spiro atoms. The molecule has 1 aromatic rings. The number of rotatable bonds is 8. The Hall–Kier alpha value is -1.24. The number of hydrogen-bond acceptors (Lipinski definition) is 5. The third kappa shape index (κ3) is 5.81. The number of carbonyl (C=O) groups is 1. The van der Waals surface area contributed by atoms with Crippen LogP contribution in [0.1, 0.15) is 18.4 Å². The van der Waals surface area contributed by atoms with Crippen molar-refractivity contribution in [3.8, 4) is 0 Å². The molecule has 20 heavy (non-hydrogen) atoms. The zero-order valence-electron chi connectivity index (χ0n) is 11.6. The normalized spacial score (nSPS) is 12.2. The molecule has 0 heterocycles. The Morgan fingerprint density at radius 1 is 1.50 bits per heavy atom. The third-order valence-electron chi connectivity index (χ3n) is 2.86. The first kappa shape index (κ1) is 16.8. The van der Waals surface area contributed by atoms with Crippen LogP contribution in [-0.2, 0) is 4.79 Å². The Bertz CT molecular complexity index is 440. The number of nitrogens with two attached hydrogens (primary N) is 1. The molecule has 1 aromatic carbocycles. The molecule has 1 rings (SSSR count). The predicted molar refractivity (Wildman–Crippen MR) is 83.9 cm³/mol. The Morgan fingerprint density at radius 2 is 2.25 bits per heavy atom. The molecule has 0 radical (unpaired) electrons. The number of nitrogens with one attached hydrogen (secondary N) is 1. The SMILES string of the molecule is Cc1c(N)cccc1NC(=O)CCCSCC(O)CO. The molecule has 0 fully saturated rings. The van der Waals surface area contributed by atoms with Crippen LogP contribution in [0.5, 0.6) is 0 Å². The van der Waals surface area contributed by atoms with Crippen LogP contribution < -0.4 is 11.1 Å². The molecule has 1 unspecified atom stereocenters. The summed E-state index contributed by atoms with van der Waals surface area (Å²) < 4.78 is 0. The maximum Gasteiger partial charge on any atom is 0.224 e. The zero-order chi connectivity index (χ0) is 15.0. The summed E-state index contributed by atoms with van der Waals surface area (Å²) in [5, 5.41) is 20.7. The molecule has 0 aromatic heterocycles. The summed E-state index contributed by atoms with van der Waals surface area (Å²) in [6.45, 7) is 1.65. The molecule has 0 saturated heterocycles. The first-order valence-electron chi connectivity index (χ1n) is 6.56. The van der Waals surface area contributed by atoms with Gasteiger partial charge >= 0.3 is 0 Å². The fourth-order valence-corrected chi connectivity index (χ4v) is 2.50. The van der Waals surface area contributed by atoms with Gasteiger partial charge in [-0.2, -0.15) is 11.8 Å². The van der Waals surface area contributed by atoms with Gasteiger partial charge in [-0.1, -0.05) is 6.07 Å². The Balaban J connectivity index is 2.25. The van der Waals surface area contributed by atoms with Crippen molar-refractivity contribution in [2.75, 3.05) is 29.2 Å². The summed E-state index contributed by atoms with van der Waals surface area (Å²) in [6.07, 6.45) is 0.482. The van der Waals surface area contributed by atoms with Gasteiger partial charge in [-0.3, -0.25) is 4.79 Å². The van der Waals surface area contributed by atoms with E-state index in [2.05, 4.69) is 5.32 Å². The quantitative estimate of drug-likeness (QED) is 0.429. The van der Waals surface area contributed by atoms with E-state index in [-0.39, 0.29) is 12.5 Å². The smallest absolute Gasteiger partial charge is 0.224 e. The van der Waals surface area contributed by atoms with Crippen LogP contribution in [0.2, 0.25) is 0 Å². The van der Waals surface area contributed by atoms with Gasteiger partial charge in [0.25, 0.3) is 0 Å². The number of hydrogen-bond donors (Lipinski definition) is 4. The third-order valence-corrected chi connectivity index (χ3v) is 4.06. The summed E-state index contributed by atoms with van der Waals surface area (Å²) in [4.78, 5) is 11.8. The number of aliphatic hydroxyl groups excluding tert-OH is 2. The van der Waals surface area contributed by atoms with Gasteiger partial charge in [0.1, 0.15) is 0 Å². The minimum absolute atomic E-state index is 0.0398. The summed E-state index contributed by atoms with van der Waals surface area (Å²) >= 11 is 1.53. The predicted octanol–water partition coefficient (Wildman–Crippen LogP) is 1.38. The highest BCUT2D eigenvalue weighted by molar-refractivity contribution is 7.99. The fourth-order valence-electron chi connectivity index (χ4n) is 1.61. The van der Waals surface area contributed by atoms with E-state index < -0.39 is 6.10 Å². The van der Waals surface area contributed by atoms with Crippen molar-refractivity contribution >= 4 is 29.0 Å². The van der Waals surface area contributed by atoms with Crippen LogP contribution in [0.25, 0.3) is 0 Å². The number of carbonyl (C=O) groups excluding carboxylic acids is 1. The molecule has 0 aliphatic rings. The van der Waals surface area contributed by atoms with Gasteiger partial charge in [0.05, 0.1) is 12.7 Å². The highest BCUT2D eigenvalue weighted by Crippen LogP contribution is 2.20. The van der Waals surface area contributed by atoms with Gasteiger partial charge in [-0.25, -0.2) is 0 Å². The van der Waals surface area contributed by atoms with Crippen molar-refractivity contribution in [2.24, 2.45) is 0 Å². The summed E-state index contributed by atoms with van der Waals surface area (Å²) in [5.41, 5.74) is 8.07. The van der Waals surface area contributed by atoms with Crippen molar-refractivity contribution in [3.63, 3.8) is 0 Å². The molecule has 1 atom stereocenters. The van der Waals surface area contributed by atoms with Crippen molar-refractivity contribution in [1.29, 1.82) is 0 Å². The van der Waals surface area contributed by atoms with E-state index in [4.69, 9.17) is 15.9 Å². The number of benzene rings is 1. The van der Waals surface area contributed by atoms with Gasteiger partial charge in [0, 0.05) is 23.5 Å². The van der Waals surface area contributed by atoms with Crippen LogP contribution in [0, 0.1) is 6.92 Å². The molecule has 5 nitrogen and oxygen atoms in total. The van der Waals surface area contributed by atoms with Crippen molar-refractivity contribution in [2.45, 2.75) is 25.9 Å². The van der Waals surface area contributed by atoms with Crippen molar-refractivity contribution in [3.05, 3.63) is 23.8 Å². The van der Waals surface area contributed by atoms with E-state index in [1.54, 1.807) is 6.07 Å². The van der Waals surface area contributed by atoms with Crippen LogP contribution in [0.15, 0.2) is 18.2 Å². The summed E-state index contributed by atoms with van der Waals surface area (Å²) in [6, 6.07) is 5.44. The van der Waals surface area contributed by atoms with E-state index in [9.17, 15) is 4.79 Å². The number of thioether (sulfide) groups is 1. The first-order valence-corrected chi connectivity index (χ1v) is 7.71. The van der Waals surface area contributed by atoms with Crippen LogP contribution in [0.3, 0.4) is 0 Å². The Labute approximate surface area is 123 Å². The maximum absolute atomic E-state index is 11.8. The highest BCUT2D eigenvalue weighted by atomic mass is 32.2. The molecular weight excluding hydrogens is 276 g/mol. The van der Waals surface area contributed by atoms with E-state index >= 15 is 0 Å². The van der Waals surface area contributed by atoms with E-state index in [1.807, 2.05) is 19.1 Å². The lowest BCUT2D eigenvalue weighted by Crippen LogP contribution is -2.15. The molecule has 112 valence electrons. The van der Waals surface area contributed by atoms with Gasteiger partial charge in [0.15, 0.2) is 0 Å². The number of anilines is 2. The first-order chi connectivity index (χ1) is 9.54. The maximum atomic E-state index is 11.8. The molecule has 0 bridgehead atoms. The minimum Gasteiger partial charge on any atom is -0.398 e. The topological polar surface area (TPSA) is 95.6 Å². The van der Waals surface area contributed by atoms with Crippen molar-refractivity contribution < 1.29 is 15.0 Å². The lowest BCUT2D eigenvalue weighted by atomic mass is 10.1. The van der Waals surface area contributed by atoms with Crippen LogP contribution in [-0.4, -0.2) is 40.3 Å². The second-order valence-electron chi connectivity index (χ2n) is 4.58. The summed E-state index contributed by atoms with van der Waals surface area (Å²) in [5.74, 6) is 1.23. The number of amides is 1. The largest absolute Gasteiger partial charge is 0.398 e. The average Bonchev–Trinajstić information content (AvgIpc) is 2.43. The van der Waals surface area contributed by atoms with Gasteiger partial charge in [-0.05, 0) is 36.8 Å². The number of aliphatic hydroxyl groups is 2. The van der Waals surface area contributed by atoms with Gasteiger partial charge in [0.2, 0.25) is 5.91 Å². The molecule has 0 saturated carbocycles. The monoisotopic (exact) mass is 298 g/mol. The van der Waals surface area contributed by atoms with E-state index in [0.29, 0.717) is 17.9 Å². The second kappa shape index (κ2) is 8.84. The highest BCUT2D eigenvalue weighted by Gasteiger charge is 2.07. The summed E-state index contributed by atoms with van der Waals surface area (Å²) in [7, 11) is 0. The molecule has 0 aliphatic heterocycles. The Morgan fingerprint density at radius 3 is 2.95 bits per heavy atom. The lowest BCUT2D eigenvalue weighted by Gasteiger charge is -2.10. The zero-order valence-corrected chi connectivity index (χ0v) is 12.4. The standard InChI is InChI=1S/C14H22N2O3S/c1-10-12(15)4-2-5-13(10)16-14(19)6-3-7-20-9-11(18)8-17/h2,4-5,11,17-18H,3,6-9,15H2,1H3,(H,16,19). The molecule has 6 heteroatoms. The molecule has 5 N–H and O–H groups in total. The Kier molecular flexibility index (Phi) is 7.43.